The van der Waals surface area contributed by atoms with Crippen molar-refractivity contribution >= 4 is 17.8 Å². The van der Waals surface area contributed by atoms with Gasteiger partial charge < -0.3 is 20.1 Å². The van der Waals surface area contributed by atoms with Gasteiger partial charge in [0.15, 0.2) is 0 Å². The van der Waals surface area contributed by atoms with Crippen molar-refractivity contribution in [2.75, 3.05) is 39.8 Å². The maximum Gasteiger partial charge on any atom is 0.490 e. The zero-order chi connectivity index (χ0) is 22.1. The summed E-state index contributed by atoms with van der Waals surface area (Å²) in [6.07, 6.45) is 0.602. The van der Waals surface area contributed by atoms with E-state index in [0.717, 1.165) is 19.0 Å². The highest BCUT2D eigenvalue weighted by molar-refractivity contribution is 5.82. The molecular weight excluding hydrogens is 407 g/mol. The summed E-state index contributed by atoms with van der Waals surface area (Å²) >= 11 is 0. The lowest BCUT2D eigenvalue weighted by atomic mass is 9.89. The minimum absolute atomic E-state index is 0.0430. The smallest absolute Gasteiger partial charge is 0.475 e. The summed E-state index contributed by atoms with van der Waals surface area (Å²) in [7, 11) is 1.68. The Morgan fingerprint density at radius 1 is 1.10 bits per heavy atom. The molecule has 0 aromatic heterocycles. The van der Waals surface area contributed by atoms with E-state index in [1.165, 1.54) is 25.7 Å². The van der Waals surface area contributed by atoms with Crippen molar-refractivity contribution in [3.8, 4) is 0 Å². The highest BCUT2D eigenvalue weighted by Gasteiger charge is 2.52. The molecule has 2 aliphatic carbocycles. The molecule has 11 heteroatoms. The second kappa shape index (κ2) is 8.70. The summed E-state index contributed by atoms with van der Waals surface area (Å²) in [4.78, 5) is 37.4. The number of carboxylic acid groups (broad SMARTS) is 1. The molecule has 2 saturated heterocycles. The molecule has 30 heavy (non-hydrogen) atoms. The van der Waals surface area contributed by atoms with Crippen LogP contribution in [0.25, 0.3) is 0 Å². The fraction of sp³-hybridized carbons (Fsp3) is 0.842. The molecule has 0 radical (unpaired) electrons. The summed E-state index contributed by atoms with van der Waals surface area (Å²) in [5.41, 5.74) is -0.237. The van der Waals surface area contributed by atoms with Crippen molar-refractivity contribution in [2.24, 2.45) is 11.8 Å². The Balaban J connectivity index is 0.000000318. The van der Waals surface area contributed by atoms with E-state index < -0.39 is 12.1 Å². The molecule has 4 fully saturated rings. The zero-order valence-corrected chi connectivity index (χ0v) is 16.9. The number of hydrogen-bond donors (Lipinski definition) is 2. The topological polar surface area (TPSA) is 99.2 Å². The zero-order valence-electron chi connectivity index (χ0n) is 16.9. The van der Waals surface area contributed by atoms with Gasteiger partial charge in [0.1, 0.15) is 11.6 Å². The average molecular weight is 435 g/mol. The van der Waals surface area contributed by atoms with Gasteiger partial charge in [0, 0.05) is 26.6 Å². The molecule has 0 aromatic carbocycles. The molecule has 1 unspecified atom stereocenters. The van der Waals surface area contributed by atoms with Gasteiger partial charge in [0.05, 0.1) is 19.7 Å². The number of likely N-dealkylation sites (tertiary alicyclic amines) is 1. The lowest BCUT2D eigenvalue weighted by Gasteiger charge is -2.55. The fourth-order valence-electron chi connectivity index (χ4n) is 3.83. The van der Waals surface area contributed by atoms with E-state index in [1.54, 1.807) is 7.05 Å². The molecule has 2 aliphatic heterocycles. The first-order chi connectivity index (χ1) is 14.0. The Hall–Kier alpha value is -1.88. The van der Waals surface area contributed by atoms with E-state index in [9.17, 15) is 22.8 Å². The number of carbonyl (C=O) groups excluding carboxylic acids is 2. The van der Waals surface area contributed by atoms with Gasteiger partial charge in [-0.3, -0.25) is 14.5 Å². The van der Waals surface area contributed by atoms with E-state index >= 15 is 0 Å². The van der Waals surface area contributed by atoms with Crippen molar-refractivity contribution in [3.63, 3.8) is 0 Å². The molecule has 2 saturated carbocycles. The van der Waals surface area contributed by atoms with E-state index in [-0.39, 0.29) is 23.5 Å². The van der Waals surface area contributed by atoms with Crippen LogP contribution >= 0.6 is 0 Å². The Morgan fingerprint density at radius 2 is 1.67 bits per heavy atom. The molecule has 8 nitrogen and oxygen atoms in total. The lowest BCUT2D eigenvalue weighted by Crippen LogP contribution is -2.73. The number of amides is 2. The highest BCUT2D eigenvalue weighted by Crippen LogP contribution is 2.38. The number of morpholine rings is 1. The van der Waals surface area contributed by atoms with Crippen LogP contribution in [0.3, 0.4) is 0 Å². The Labute approximate surface area is 172 Å². The van der Waals surface area contributed by atoms with E-state index in [0.29, 0.717) is 32.0 Å². The van der Waals surface area contributed by atoms with Crippen LogP contribution in [-0.4, -0.2) is 90.3 Å². The standard InChI is InChI=1S/C17H27N3O3.C2HF3O2/c1-18-16(22)14-8-23-17(9-19(14)7-13-4-5-13)10-20(11-17)15(21)6-12-2-3-12;3-2(4,5)1(6)7/h12-14H,2-11H2,1H3,(H,18,22);(H,6,7). The minimum atomic E-state index is -5.08. The second-order valence-corrected chi connectivity index (χ2v) is 8.70. The predicted molar refractivity (Wildman–Crippen MR) is 98.4 cm³/mol. The van der Waals surface area contributed by atoms with Gasteiger partial charge in [-0.15, -0.1) is 0 Å². The van der Waals surface area contributed by atoms with Crippen LogP contribution in [0.1, 0.15) is 32.1 Å². The van der Waals surface area contributed by atoms with Gasteiger partial charge in [0.25, 0.3) is 0 Å². The van der Waals surface area contributed by atoms with Gasteiger partial charge in [-0.2, -0.15) is 13.2 Å². The van der Waals surface area contributed by atoms with Crippen LogP contribution in [0.2, 0.25) is 0 Å². The largest absolute Gasteiger partial charge is 0.490 e. The first kappa shape index (κ1) is 22.8. The van der Waals surface area contributed by atoms with Gasteiger partial charge >= 0.3 is 12.1 Å². The fourth-order valence-corrected chi connectivity index (χ4v) is 3.83. The number of nitrogens with zero attached hydrogens (tertiary/aromatic N) is 2. The van der Waals surface area contributed by atoms with Gasteiger partial charge in [-0.05, 0) is 37.5 Å². The van der Waals surface area contributed by atoms with E-state index in [2.05, 4.69) is 10.2 Å². The molecule has 170 valence electrons. The van der Waals surface area contributed by atoms with Crippen molar-refractivity contribution < 1.29 is 37.4 Å². The molecule has 1 spiro atoms. The first-order valence-corrected chi connectivity index (χ1v) is 10.2. The quantitative estimate of drug-likeness (QED) is 0.665. The molecule has 4 aliphatic rings. The number of alkyl halides is 3. The summed E-state index contributed by atoms with van der Waals surface area (Å²) in [5.74, 6) is -1.06. The molecule has 4 rings (SSSR count). The predicted octanol–water partition coefficient (Wildman–Crippen LogP) is 0.858. The number of aliphatic carboxylic acids is 1. The highest BCUT2D eigenvalue weighted by atomic mass is 19.4. The number of halogens is 3. The van der Waals surface area contributed by atoms with Crippen molar-refractivity contribution in [2.45, 2.75) is 49.9 Å². The first-order valence-electron chi connectivity index (χ1n) is 10.2. The van der Waals surface area contributed by atoms with Crippen molar-refractivity contribution in [1.29, 1.82) is 0 Å². The van der Waals surface area contributed by atoms with Gasteiger partial charge in [0.2, 0.25) is 11.8 Å². The Bertz CT molecular complexity index is 673. The van der Waals surface area contributed by atoms with Crippen LogP contribution < -0.4 is 5.32 Å². The SMILES string of the molecule is CNC(=O)C1COC2(CN(C(=O)CC3CC3)C2)CN1CC1CC1.O=C(O)C(F)(F)F. The van der Waals surface area contributed by atoms with Crippen LogP contribution in [0.4, 0.5) is 13.2 Å². The maximum absolute atomic E-state index is 12.2. The number of carbonyl (C=O) groups is 3. The molecule has 0 bridgehead atoms. The Kier molecular flexibility index (Phi) is 6.61. The van der Waals surface area contributed by atoms with E-state index in [4.69, 9.17) is 14.6 Å². The Morgan fingerprint density at radius 3 is 2.13 bits per heavy atom. The number of rotatable bonds is 5. The minimum Gasteiger partial charge on any atom is -0.475 e. The lowest BCUT2D eigenvalue weighted by molar-refractivity contribution is -0.204. The number of carboxylic acids is 1. The number of hydrogen-bond acceptors (Lipinski definition) is 5. The monoisotopic (exact) mass is 435 g/mol. The molecule has 1 atom stereocenters. The molecular formula is C19H28F3N3O5. The number of nitrogens with one attached hydrogen (secondary N) is 1. The molecule has 0 aromatic rings. The third-order valence-electron chi connectivity index (χ3n) is 5.93. The van der Waals surface area contributed by atoms with Gasteiger partial charge in [-0.1, -0.05) is 0 Å². The molecule has 2 amide bonds. The van der Waals surface area contributed by atoms with Crippen molar-refractivity contribution in [3.05, 3.63) is 0 Å². The van der Waals surface area contributed by atoms with E-state index in [1.807, 2.05) is 4.90 Å². The maximum atomic E-state index is 12.2. The normalized spacial score (nSPS) is 25.7. The third kappa shape index (κ3) is 5.84. The third-order valence-corrected chi connectivity index (χ3v) is 5.93. The number of likely N-dealkylation sites (N-methyl/N-ethyl adjacent to an activating group) is 1. The van der Waals surface area contributed by atoms with Crippen LogP contribution in [0.5, 0.6) is 0 Å². The molecule has 2 heterocycles. The van der Waals surface area contributed by atoms with Crippen LogP contribution in [0.15, 0.2) is 0 Å². The average Bonchev–Trinajstić information content (AvgIpc) is 3.55. The summed E-state index contributed by atoms with van der Waals surface area (Å²) in [5, 5.41) is 9.88. The second-order valence-electron chi connectivity index (χ2n) is 8.70. The van der Waals surface area contributed by atoms with Crippen molar-refractivity contribution in [1.82, 2.24) is 15.1 Å². The van der Waals surface area contributed by atoms with Crippen LogP contribution in [-0.2, 0) is 19.1 Å². The summed E-state index contributed by atoms with van der Waals surface area (Å²) in [6.45, 7) is 3.59. The summed E-state index contributed by atoms with van der Waals surface area (Å²) in [6, 6.07) is -0.178. The van der Waals surface area contributed by atoms with Gasteiger partial charge in [-0.25, -0.2) is 4.79 Å². The summed E-state index contributed by atoms with van der Waals surface area (Å²) < 4.78 is 37.8. The van der Waals surface area contributed by atoms with Crippen LogP contribution in [0, 0.1) is 11.8 Å². The number of ether oxygens (including phenoxy) is 1. The molecule has 2 N–H and O–H groups in total.